The monoisotopic (exact) mass is 216 g/mol. The van der Waals surface area contributed by atoms with E-state index >= 15 is 0 Å². The summed E-state index contributed by atoms with van der Waals surface area (Å²) in [6.07, 6.45) is 4.00. The van der Waals surface area contributed by atoms with E-state index in [2.05, 4.69) is 4.98 Å². The summed E-state index contributed by atoms with van der Waals surface area (Å²) >= 11 is 6.13. The summed E-state index contributed by atoms with van der Waals surface area (Å²) in [4.78, 5) is 4.49. The lowest BCUT2D eigenvalue weighted by atomic mass is 10.2. The number of halogens is 1. The number of benzene rings is 1. The van der Waals surface area contributed by atoms with Crippen molar-refractivity contribution in [3.05, 3.63) is 47.4 Å². The Labute approximate surface area is 92.1 Å². The van der Waals surface area contributed by atoms with Crippen molar-refractivity contribution < 1.29 is 0 Å². The number of hydrogen-bond acceptors (Lipinski definition) is 1. The van der Waals surface area contributed by atoms with E-state index in [4.69, 9.17) is 11.6 Å². The van der Waals surface area contributed by atoms with Crippen molar-refractivity contribution in [1.82, 2.24) is 9.38 Å². The highest BCUT2D eigenvalue weighted by Crippen LogP contribution is 2.25. The van der Waals surface area contributed by atoms with Gasteiger partial charge in [0.25, 0.3) is 0 Å². The SMILES string of the molecule is Cc1cn2ccc3c(Cl)cccc3c2n1. The van der Waals surface area contributed by atoms with Gasteiger partial charge in [-0.05, 0) is 19.1 Å². The number of rotatable bonds is 0. The van der Waals surface area contributed by atoms with Gasteiger partial charge in [0.2, 0.25) is 0 Å². The molecule has 0 atom stereocenters. The molecular formula is C12H9ClN2. The van der Waals surface area contributed by atoms with Crippen molar-refractivity contribution in [1.29, 1.82) is 0 Å². The molecule has 0 saturated carbocycles. The average Bonchev–Trinajstić information content (AvgIpc) is 2.59. The van der Waals surface area contributed by atoms with E-state index in [0.29, 0.717) is 0 Å². The molecule has 2 aromatic heterocycles. The highest BCUT2D eigenvalue weighted by atomic mass is 35.5. The van der Waals surface area contributed by atoms with Gasteiger partial charge < -0.3 is 4.40 Å². The standard InChI is InChI=1S/C12H9ClN2/c1-8-7-15-6-5-9-10(12(15)14-8)3-2-4-11(9)13/h2-7H,1H3. The summed E-state index contributed by atoms with van der Waals surface area (Å²) in [5.41, 5.74) is 1.98. The molecule has 3 rings (SSSR count). The zero-order valence-electron chi connectivity index (χ0n) is 8.24. The third-order valence-electron chi connectivity index (χ3n) is 2.55. The third kappa shape index (κ3) is 1.22. The zero-order valence-corrected chi connectivity index (χ0v) is 8.99. The first-order chi connectivity index (χ1) is 7.25. The maximum absolute atomic E-state index is 6.13. The van der Waals surface area contributed by atoms with E-state index in [9.17, 15) is 0 Å². The van der Waals surface area contributed by atoms with Crippen LogP contribution in [0.2, 0.25) is 5.02 Å². The average molecular weight is 217 g/mol. The van der Waals surface area contributed by atoms with Crippen molar-refractivity contribution in [3.63, 3.8) is 0 Å². The van der Waals surface area contributed by atoms with Gasteiger partial charge in [-0.25, -0.2) is 4.98 Å². The molecule has 0 saturated heterocycles. The van der Waals surface area contributed by atoms with Crippen LogP contribution in [0, 0.1) is 6.92 Å². The Balaban J connectivity index is 2.59. The minimum atomic E-state index is 0.774. The van der Waals surface area contributed by atoms with Crippen molar-refractivity contribution in [2.75, 3.05) is 0 Å². The largest absolute Gasteiger partial charge is 0.306 e. The van der Waals surface area contributed by atoms with E-state index < -0.39 is 0 Å². The number of aromatic nitrogens is 2. The first-order valence-electron chi connectivity index (χ1n) is 4.78. The van der Waals surface area contributed by atoms with E-state index in [-0.39, 0.29) is 0 Å². The minimum Gasteiger partial charge on any atom is -0.306 e. The molecule has 74 valence electrons. The predicted molar refractivity (Wildman–Crippen MR) is 62.4 cm³/mol. The van der Waals surface area contributed by atoms with Gasteiger partial charge in [-0.1, -0.05) is 23.7 Å². The van der Waals surface area contributed by atoms with Crippen LogP contribution in [0.25, 0.3) is 16.4 Å². The summed E-state index contributed by atoms with van der Waals surface area (Å²) in [7, 11) is 0. The lowest BCUT2D eigenvalue weighted by Gasteiger charge is -2.01. The number of aryl methyl sites for hydroxylation is 1. The second-order valence-corrected chi connectivity index (χ2v) is 4.04. The predicted octanol–water partition coefficient (Wildman–Crippen LogP) is 3.45. The molecule has 3 aromatic rings. The van der Waals surface area contributed by atoms with Gasteiger partial charge in [0.1, 0.15) is 5.65 Å². The van der Waals surface area contributed by atoms with E-state index in [1.807, 2.05) is 48.0 Å². The summed E-state index contributed by atoms with van der Waals surface area (Å²) in [6.45, 7) is 1.99. The molecule has 1 aromatic carbocycles. The van der Waals surface area contributed by atoms with Gasteiger partial charge in [-0.15, -0.1) is 0 Å². The Kier molecular flexibility index (Phi) is 1.73. The van der Waals surface area contributed by atoms with Crippen LogP contribution >= 0.6 is 11.6 Å². The molecule has 0 bridgehead atoms. The molecule has 0 N–H and O–H groups in total. The summed E-state index contributed by atoms with van der Waals surface area (Å²) < 4.78 is 2.02. The van der Waals surface area contributed by atoms with Crippen LogP contribution in [0.5, 0.6) is 0 Å². The topological polar surface area (TPSA) is 17.3 Å². The van der Waals surface area contributed by atoms with Gasteiger partial charge >= 0.3 is 0 Å². The van der Waals surface area contributed by atoms with Crippen LogP contribution in [-0.4, -0.2) is 9.38 Å². The maximum atomic E-state index is 6.13. The third-order valence-corrected chi connectivity index (χ3v) is 2.88. The molecule has 0 unspecified atom stereocenters. The van der Waals surface area contributed by atoms with Crippen molar-refractivity contribution in [2.45, 2.75) is 6.92 Å². The molecular weight excluding hydrogens is 208 g/mol. The Hall–Kier alpha value is -1.54. The Bertz CT molecular complexity index is 655. The highest BCUT2D eigenvalue weighted by Gasteiger charge is 2.04. The minimum absolute atomic E-state index is 0.774. The van der Waals surface area contributed by atoms with E-state index in [1.54, 1.807) is 0 Å². The number of hydrogen-bond donors (Lipinski definition) is 0. The van der Waals surface area contributed by atoms with Gasteiger partial charge in [-0.2, -0.15) is 0 Å². The molecule has 0 amide bonds. The molecule has 0 aliphatic rings. The van der Waals surface area contributed by atoms with Crippen LogP contribution in [0.15, 0.2) is 36.7 Å². The molecule has 0 aliphatic carbocycles. The normalized spacial score (nSPS) is 11.3. The van der Waals surface area contributed by atoms with Crippen LogP contribution in [0.1, 0.15) is 5.69 Å². The smallest absolute Gasteiger partial charge is 0.144 e. The maximum Gasteiger partial charge on any atom is 0.144 e. The summed E-state index contributed by atoms with van der Waals surface area (Å²) in [6, 6.07) is 7.92. The second-order valence-electron chi connectivity index (χ2n) is 3.63. The molecule has 0 radical (unpaired) electrons. The number of fused-ring (bicyclic) bond motifs is 3. The Morgan fingerprint density at radius 2 is 2.07 bits per heavy atom. The quantitative estimate of drug-likeness (QED) is 0.563. The molecule has 2 nitrogen and oxygen atoms in total. The lowest BCUT2D eigenvalue weighted by molar-refractivity contribution is 1.20. The first kappa shape index (κ1) is 8.74. The number of nitrogens with zero attached hydrogens (tertiary/aromatic N) is 2. The lowest BCUT2D eigenvalue weighted by Crippen LogP contribution is -1.84. The van der Waals surface area contributed by atoms with Crippen LogP contribution < -0.4 is 0 Å². The van der Waals surface area contributed by atoms with Crippen LogP contribution in [0.3, 0.4) is 0 Å². The summed E-state index contributed by atoms with van der Waals surface area (Å²) in [5, 5.41) is 2.92. The molecule has 0 fully saturated rings. The van der Waals surface area contributed by atoms with Gasteiger partial charge in [0, 0.05) is 28.2 Å². The summed E-state index contributed by atoms with van der Waals surface area (Å²) in [5.74, 6) is 0. The molecule has 0 spiro atoms. The fraction of sp³-hybridized carbons (Fsp3) is 0.0833. The highest BCUT2D eigenvalue weighted by molar-refractivity contribution is 6.35. The Morgan fingerprint density at radius 3 is 2.93 bits per heavy atom. The first-order valence-corrected chi connectivity index (χ1v) is 5.16. The zero-order chi connectivity index (χ0) is 10.4. The van der Waals surface area contributed by atoms with Gasteiger partial charge in [0.15, 0.2) is 0 Å². The van der Waals surface area contributed by atoms with Crippen molar-refractivity contribution in [2.24, 2.45) is 0 Å². The molecule has 0 aliphatic heterocycles. The van der Waals surface area contributed by atoms with Gasteiger partial charge in [-0.3, -0.25) is 0 Å². The van der Waals surface area contributed by atoms with Crippen molar-refractivity contribution >= 4 is 28.0 Å². The number of pyridine rings is 1. The fourth-order valence-electron chi connectivity index (χ4n) is 1.89. The van der Waals surface area contributed by atoms with E-state index in [0.717, 1.165) is 27.1 Å². The number of imidazole rings is 1. The molecule has 3 heteroatoms. The fourth-order valence-corrected chi connectivity index (χ4v) is 2.12. The second kappa shape index (κ2) is 2.97. The van der Waals surface area contributed by atoms with Crippen LogP contribution in [0.4, 0.5) is 0 Å². The van der Waals surface area contributed by atoms with E-state index in [1.165, 1.54) is 0 Å². The Morgan fingerprint density at radius 1 is 1.20 bits per heavy atom. The molecule has 2 heterocycles. The van der Waals surface area contributed by atoms with Crippen molar-refractivity contribution in [3.8, 4) is 0 Å². The van der Waals surface area contributed by atoms with Crippen LogP contribution in [-0.2, 0) is 0 Å². The molecule has 15 heavy (non-hydrogen) atoms. The van der Waals surface area contributed by atoms with Gasteiger partial charge in [0.05, 0.1) is 5.69 Å².